The molecule has 1 aromatic carbocycles. The zero-order chi connectivity index (χ0) is 8.97. The SMILES string of the molecule is Cc1ccccc1[C@H](C)NC#N. The fraction of sp³-hybridized carbons (Fsp3) is 0.300. The van der Waals surface area contributed by atoms with Gasteiger partial charge in [0.25, 0.3) is 0 Å². The molecule has 0 bridgehead atoms. The van der Waals surface area contributed by atoms with Crippen LogP contribution in [-0.4, -0.2) is 0 Å². The predicted octanol–water partition coefficient (Wildman–Crippen LogP) is 2.13. The number of aryl methyl sites for hydroxylation is 1. The van der Waals surface area contributed by atoms with Crippen LogP contribution in [0.5, 0.6) is 0 Å². The average molecular weight is 160 g/mol. The van der Waals surface area contributed by atoms with Crippen LogP contribution in [0, 0.1) is 18.4 Å². The highest BCUT2D eigenvalue weighted by Gasteiger charge is 2.04. The van der Waals surface area contributed by atoms with Gasteiger partial charge in [0.2, 0.25) is 0 Å². The molecule has 0 aromatic heterocycles. The topological polar surface area (TPSA) is 35.8 Å². The molecule has 1 atom stereocenters. The molecule has 1 rings (SSSR count). The first-order valence-electron chi connectivity index (χ1n) is 3.96. The van der Waals surface area contributed by atoms with Crippen molar-refractivity contribution in [2.45, 2.75) is 19.9 Å². The smallest absolute Gasteiger partial charge is 0.177 e. The standard InChI is InChI=1S/C10H12N2/c1-8-5-3-4-6-10(8)9(2)12-7-11/h3-6,9,12H,1-2H3/t9-/m0/s1. The second kappa shape index (κ2) is 3.77. The molecule has 1 aromatic rings. The van der Waals surface area contributed by atoms with Gasteiger partial charge in [-0.3, -0.25) is 0 Å². The van der Waals surface area contributed by atoms with E-state index in [0.717, 1.165) is 0 Å². The molecular weight excluding hydrogens is 148 g/mol. The second-order valence-corrected chi connectivity index (χ2v) is 2.83. The van der Waals surface area contributed by atoms with Gasteiger partial charge in [0.1, 0.15) is 0 Å². The van der Waals surface area contributed by atoms with Crippen LogP contribution >= 0.6 is 0 Å². The molecule has 1 N–H and O–H groups in total. The Kier molecular flexibility index (Phi) is 2.71. The van der Waals surface area contributed by atoms with E-state index in [1.54, 1.807) is 0 Å². The van der Waals surface area contributed by atoms with Gasteiger partial charge in [-0.05, 0) is 25.0 Å². The third kappa shape index (κ3) is 1.76. The summed E-state index contributed by atoms with van der Waals surface area (Å²) in [6.45, 7) is 4.02. The van der Waals surface area contributed by atoms with Crippen molar-refractivity contribution in [3.05, 3.63) is 35.4 Å². The molecular formula is C10H12N2. The van der Waals surface area contributed by atoms with Crippen molar-refractivity contribution < 1.29 is 0 Å². The molecule has 0 aliphatic carbocycles. The molecule has 2 heteroatoms. The number of hydrogen-bond acceptors (Lipinski definition) is 2. The molecule has 0 unspecified atom stereocenters. The lowest BCUT2D eigenvalue weighted by Gasteiger charge is -2.11. The van der Waals surface area contributed by atoms with E-state index in [9.17, 15) is 0 Å². The van der Waals surface area contributed by atoms with Gasteiger partial charge in [-0.2, -0.15) is 5.26 Å². The number of benzene rings is 1. The molecule has 0 fully saturated rings. The van der Waals surface area contributed by atoms with Crippen LogP contribution < -0.4 is 5.32 Å². The normalized spacial score (nSPS) is 11.8. The highest BCUT2D eigenvalue weighted by Crippen LogP contribution is 2.15. The van der Waals surface area contributed by atoms with Crippen molar-refractivity contribution in [3.63, 3.8) is 0 Å². The molecule has 2 nitrogen and oxygen atoms in total. The van der Waals surface area contributed by atoms with E-state index in [4.69, 9.17) is 5.26 Å². The number of nitriles is 1. The Labute approximate surface area is 72.8 Å². The van der Waals surface area contributed by atoms with Crippen LogP contribution in [-0.2, 0) is 0 Å². The Hall–Kier alpha value is -1.49. The Balaban J connectivity index is 2.88. The summed E-state index contributed by atoms with van der Waals surface area (Å²) in [5, 5.41) is 11.1. The molecule has 62 valence electrons. The summed E-state index contributed by atoms with van der Waals surface area (Å²) in [6, 6.07) is 8.17. The van der Waals surface area contributed by atoms with E-state index in [0.29, 0.717) is 0 Å². The van der Waals surface area contributed by atoms with E-state index >= 15 is 0 Å². The molecule has 0 saturated carbocycles. The van der Waals surface area contributed by atoms with Crippen LogP contribution in [0.2, 0.25) is 0 Å². The van der Waals surface area contributed by atoms with Gasteiger partial charge in [-0.25, -0.2) is 0 Å². The molecule has 0 saturated heterocycles. The lowest BCUT2D eigenvalue weighted by atomic mass is 10.0. The summed E-state index contributed by atoms with van der Waals surface area (Å²) in [7, 11) is 0. The summed E-state index contributed by atoms with van der Waals surface area (Å²) in [6.07, 6.45) is 1.94. The van der Waals surface area contributed by atoms with E-state index in [-0.39, 0.29) is 6.04 Å². The first kappa shape index (κ1) is 8.61. The Bertz CT molecular complexity index is 299. The molecule has 12 heavy (non-hydrogen) atoms. The van der Waals surface area contributed by atoms with Crippen molar-refractivity contribution in [1.82, 2.24) is 5.32 Å². The summed E-state index contributed by atoms with van der Waals surface area (Å²) in [5.41, 5.74) is 2.40. The van der Waals surface area contributed by atoms with Gasteiger partial charge >= 0.3 is 0 Å². The van der Waals surface area contributed by atoms with Crippen molar-refractivity contribution in [1.29, 1.82) is 5.26 Å². The van der Waals surface area contributed by atoms with Gasteiger partial charge in [0, 0.05) is 0 Å². The van der Waals surface area contributed by atoms with Crippen molar-refractivity contribution >= 4 is 0 Å². The summed E-state index contributed by atoms with van der Waals surface area (Å²) < 4.78 is 0. The molecule has 0 aliphatic rings. The van der Waals surface area contributed by atoms with E-state index in [1.165, 1.54) is 11.1 Å². The number of hydrogen-bond donors (Lipinski definition) is 1. The summed E-state index contributed by atoms with van der Waals surface area (Å²) in [5.74, 6) is 0. The minimum absolute atomic E-state index is 0.108. The third-order valence-corrected chi connectivity index (χ3v) is 1.94. The van der Waals surface area contributed by atoms with Crippen molar-refractivity contribution in [2.75, 3.05) is 0 Å². The van der Waals surface area contributed by atoms with Gasteiger partial charge in [0.15, 0.2) is 6.19 Å². The third-order valence-electron chi connectivity index (χ3n) is 1.94. The minimum Gasteiger partial charge on any atom is -0.317 e. The van der Waals surface area contributed by atoms with Crippen molar-refractivity contribution in [2.24, 2.45) is 0 Å². The van der Waals surface area contributed by atoms with Crippen LogP contribution in [0.15, 0.2) is 24.3 Å². The fourth-order valence-corrected chi connectivity index (χ4v) is 1.25. The summed E-state index contributed by atoms with van der Waals surface area (Å²) >= 11 is 0. The average Bonchev–Trinajstić information content (AvgIpc) is 2.05. The Morgan fingerprint density at radius 2 is 2.08 bits per heavy atom. The largest absolute Gasteiger partial charge is 0.317 e. The van der Waals surface area contributed by atoms with E-state index < -0.39 is 0 Å². The second-order valence-electron chi connectivity index (χ2n) is 2.83. The minimum atomic E-state index is 0.108. The quantitative estimate of drug-likeness (QED) is 0.531. The first-order chi connectivity index (χ1) is 5.75. The monoisotopic (exact) mass is 160 g/mol. The lowest BCUT2D eigenvalue weighted by molar-refractivity contribution is 0.693. The Morgan fingerprint density at radius 1 is 1.42 bits per heavy atom. The maximum absolute atomic E-state index is 8.43. The number of nitrogens with zero attached hydrogens (tertiary/aromatic N) is 1. The number of nitrogens with one attached hydrogen (secondary N) is 1. The molecule has 0 radical (unpaired) electrons. The van der Waals surface area contributed by atoms with E-state index in [2.05, 4.69) is 5.32 Å². The van der Waals surface area contributed by atoms with Crippen LogP contribution in [0.25, 0.3) is 0 Å². The van der Waals surface area contributed by atoms with Crippen LogP contribution in [0.1, 0.15) is 24.1 Å². The van der Waals surface area contributed by atoms with Gasteiger partial charge < -0.3 is 5.32 Å². The molecule has 0 spiro atoms. The van der Waals surface area contributed by atoms with E-state index in [1.807, 2.05) is 44.3 Å². The fourth-order valence-electron chi connectivity index (χ4n) is 1.25. The molecule has 0 heterocycles. The molecule has 0 aliphatic heterocycles. The van der Waals surface area contributed by atoms with Crippen molar-refractivity contribution in [3.8, 4) is 6.19 Å². The lowest BCUT2D eigenvalue weighted by Crippen LogP contribution is -2.12. The zero-order valence-electron chi connectivity index (χ0n) is 7.33. The Morgan fingerprint density at radius 3 is 2.67 bits per heavy atom. The zero-order valence-corrected chi connectivity index (χ0v) is 7.33. The highest BCUT2D eigenvalue weighted by molar-refractivity contribution is 5.28. The maximum atomic E-state index is 8.43. The van der Waals surface area contributed by atoms with Gasteiger partial charge in [-0.1, -0.05) is 24.3 Å². The van der Waals surface area contributed by atoms with Gasteiger partial charge in [-0.15, -0.1) is 0 Å². The van der Waals surface area contributed by atoms with Crippen LogP contribution in [0.4, 0.5) is 0 Å². The first-order valence-corrected chi connectivity index (χ1v) is 3.96. The van der Waals surface area contributed by atoms with Gasteiger partial charge in [0.05, 0.1) is 6.04 Å². The highest BCUT2D eigenvalue weighted by atomic mass is 14.9. The number of rotatable bonds is 2. The predicted molar refractivity (Wildman–Crippen MR) is 48.3 cm³/mol. The maximum Gasteiger partial charge on any atom is 0.177 e. The summed E-state index contributed by atoms with van der Waals surface area (Å²) in [4.78, 5) is 0. The molecule has 0 amide bonds. The van der Waals surface area contributed by atoms with Crippen LogP contribution in [0.3, 0.4) is 0 Å².